The van der Waals surface area contributed by atoms with E-state index in [0.717, 1.165) is 5.56 Å². The maximum absolute atomic E-state index is 12.9. The molecule has 2 atom stereocenters. The van der Waals surface area contributed by atoms with Gasteiger partial charge in [0.05, 0.1) is 32.5 Å². The van der Waals surface area contributed by atoms with Crippen molar-refractivity contribution >= 4 is 11.9 Å². The van der Waals surface area contributed by atoms with Crippen molar-refractivity contribution in [3.63, 3.8) is 0 Å². The third-order valence-corrected chi connectivity index (χ3v) is 4.60. The van der Waals surface area contributed by atoms with E-state index in [0.29, 0.717) is 39.3 Å². The number of amides is 3. The topological polar surface area (TPSA) is 104 Å². The SMILES string of the molecule is CC(C)(C)C[C@H](NC(=O)N1CCOCC1)C(=O)N[C@H](C#N)COCc1ccccc1. The molecule has 1 aromatic rings. The van der Waals surface area contributed by atoms with Gasteiger partial charge < -0.3 is 25.0 Å². The van der Waals surface area contributed by atoms with E-state index in [-0.39, 0.29) is 24.0 Å². The Morgan fingerprint density at radius 2 is 1.87 bits per heavy atom. The lowest BCUT2D eigenvalue weighted by molar-refractivity contribution is -0.124. The van der Waals surface area contributed by atoms with Gasteiger partial charge in [0.2, 0.25) is 5.91 Å². The Morgan fingerprint density at radius 1 is 1.20 bits per heavy atom. The van der Waals surface area contributed by atoms with Crippen LogP contribution in [-0.4, -0.2) is 61.8 Å². The van der Waals surface area contributed by atoms with Crippen molar-refractivity contribution in [2.24, 2.45) is 5.41 Å². The predicted octanol–water partition coefficient (Wildman–Crippen LogP) is 2.06. The fourth-order valence-corrected chi connectivity index (χ4v) is 3.08. The molecule has 1 aliphatic rings. The first-order valence-electron chi connectivity index (χ1n) is 10.2. The minimum atomic E-state index is -0.802. The Kier molecular flexibility index (Phi) is 9.09. The molecule has 1 aromatic carbocycles. The van der Waals surface area contributed by atoms with Crippen LogP contribution in [0.4, 0.5) is 4.79 Å². The van der Waals surface area contributed by atoms with Crippen molar-refractivity contribution in [2.75, 3.05) is 32.9 Å². The van der Waals surface area contributed by atoms with Crippen LogP contribution < -0.4 is 10.6 Å². The first kappa shape index (κ1) is 23.6. The first-order valence-corrected chi connectivity index (χ1v) is 10.2. The maximum Gasteiger partial charge on any atom is 0.318 e. The number of carbonyl (C=O) groups is 2. The molecule has 1 saturated heterocycles. The lowest BCUT2D eigenvalue weighted by atomic mass is 9.87. The third-order valence-electron chi connectivity index (χ3n) is 4.60. The lowest BCUT2D eigenvalue weighted by Crippen LogP contribution is -2.55. The van der Waals surface area contributed by atoms with Gasteiger partial charge in [0.25, 0.3) is 0 Å². The maximum atomic E-state index is 12.9. The summed E-state index contributed by atoms with van der Waals surface area (Å²) in [4.78, 5) is 27.1. The van der Waals surface area contributed by atoms with Gasteiger partial charge in [-0.2, -0.15) is 5.26 Å². The lowest BCUT2D eigenvalue weighted by Gasteiger charge is -2.31. The number of morpholine rings is 1. The molecule has 0 saturated carbocycles. The van der Waals surface area contributed by atoms with E-state index in [4.69, 9.17) is 9.47 Å². The third kappa shape index (κ3) is 8.39. The number of nitrogens with one attached hydrogen (secondary N) is 2. The monoisotopic (exact) mass is 416 g/mol. The summed E-state index contributed by atoms with van der Waals surface area (Å²) in [6.45, 7) is 8.37. The highest BCUT2D eigenvalue weighted by atomic mass is 16.5. The highest BCUT2D eigenvalue weighted by Gasteiger charge is 2.30. The summed E-state index contributed by atoms with van der Waals surface area (Å²) in [6, 6.07) is 9.82. The van der Waals surface area contributed by atoms with Gasteiger partial charge in [-0.3, -0.25) is 4.79 Å². The second-order valence-electron chi connectivity index (χ2n) is 8.56. The summed E-state index contributed by atoms with van der Waals surface area (Å²) in [5.41, 5.74) is 0.801. The van der Waals surface area contributed by atoms with Crippen LogP contribution in [0.25, 0.3) is 0 Å². The molecular formula is C22H32N4O4. The average Bonchev–Trinajstić information content (AvgIpc) is 2.72. The van der Waals surface area contributed by atoms with Crippen molar-refractivity contribution < 1.29 is 19.1 Å². The van der Waals surface area contributed by atoms with Crippen molar-refractivity contribution in [2.45, 2.75) is 45.9 Å². The number of rotatable bonds is 8. The van der Waals surface area contributed by atoms with Crippen LogP contribution >= 0.6 is 0 Å². The molecule has 2 N–H and O–H groups in total. The highest BCUT2D eigenvalue weighted by Crippen LogP contribution is 2.21. The van der Waals surface area contributed by atoms with E-state index in [1.165, 1.54) is 0 Å². The van der Waals surface area contributed by atoms with E-state index >= 15 is 0 Å². The second kappa shape index (κ2) is 11.5. The minimum Gasteiger partial charge on any atom is -0.378 e. The quantitative estimate of drug-likeness (QED) is 0.675. The zero-order valence-electron chi connectivity index (χ0n) is 18.0. The van der Waals surface area contributed by atoms with E-state index < -0.39 is 12.1 Å². The molecule has 0 radical (unpaired) electrons. The summed E-state index contributed by atoms with van der Waals surface area (Å²) in [5, 5.41) is 14.9. The molecule has 8 heteroatoms. The molecule has 164 valence electrons. The van der Waals surface area contributed by atoms with Crippen molar-refractivity contribution in [1.82, 2.24) is 15.5 Å². The normalized spacial score (nSPS) is 16.3. The van der Waals surface area contributed by atoms with Crippen molar-refractivity contribution in [3.05, 3.63) is 35.9 Å². The van der Waals surface area contributed by atoms with Crippen LogP contribution in [-0.2, 0) is 20.9 Å². The van der Waals surface area contributed by atoms with Gasteiger partial charge >= 0.3 is 6.03 Å². The number of benzene rings is 1. The highest BCUT2D eigenvalue weighted by molar-refractivity contribution is 5.87. The van der Waals surface area contributed by atoms with Crippen LogP contribution in [0.15, 0.2) is 30.3 Å². The standard InChI is InChI=1S/C22H32N4O4/c1-22(2,3)13-19(25-21(28)26-9-11-29-12-10-26)20(27)24-18(14-23)16-30-15-17-7-5-4-6-8-17/h4-8,18-19H,9-13,15-16H2,1-3H3,(H,24,27)(H,25,28)/t18-,19+/m1/s1. The van der Waals surface area contributed by atoms with Crippen molar-refractivity contribution in [1.29, 1.82) is 5.26 Å². The number of hydrogen-bond acceptors (Lipinski definition) is 5. The number of urea groups is 1. The molecule has 8 nitrogen and oxygen atoms in total. The van der Waals surface area contributed by atoms with Gasteiger partial charge in [-0.25, -0.2) is 4.79 Å². The van der Waals surface area contributed by atoms with Crippen LogP contribution in [0.2, 0.25) is 0 Å². The van der Waals surface area contributed by atoms with Crippen LogP contribution in [0, 0.1) is 16.7 Å². The van der Waals surface area contributed by atoms with E-state index in [1.807, 2.05) is 51.1 Å². The summed E-state index contributed by atoms with van der Waals surface area (Å²) < 4.78 is 10.9. The zero-order chi connectivity index (χ0) is 22.0. The second-order valence-corrected chi connectivity index (χ2v) is 8.56. The number of nitrogens with zero attached hydrogens (tertiary/aromatic N) is 2. The Labute approximate surface area is 178 Å². The Hall–Kier alpha value is -2.63. The summed E-state index contributed by atoms with van der Waals surface area (Å²) in [6.07, 6.45) is 0.442. The molecule has 30 heavy (non-hydrogen) atoms. The fourth-order valence-electron chi connectivity index (χ4n) is 3.08. The molecule has 0 aromatic heterocycles. The molecule has 0 bridgehead atoms. The van der Waals surface area contributed by atoms with Crippen LogP contribution in [0.1, 0.15) is 32.8 Å². The molecule has 0 unspecified atom stereocenters. The van der Waals surface area contributed by atoms with Gasteiger partial charge in [0.1, 0.15) is 12.1 Å². The first-order chi connectivity index (χ1) is 14.3. The minimum absolute atomic E-state index is 0.0663. The summed E-state index contributed by atoms with van der Waals surface area (Å²) >= 11 is 0. The Bertz CT molecular complexity index is 721. The average molecular weight is 417 g/mol. The molecule has 0 aliphatic carbocycles. The fraction of sp³-hybridized carbons (Fsp3) is 0.591. The Balaban J connectivity index is 1.92. The largest absolute Gasteiger partial charge is 0.378 e. The predicted molar refractivity (Wildman–Crippen MR) is 112 cm³/mol. The van der Waals surface area contributed by atoms with Gasteiger partial charge in [-0.05, 0) is 17.4 Å². The van der Waals surface area contributed by atoms with E-state index in [2.05, 4.69) is 16.7 Å². The number of ether oxygens (including phenoxy) is 2. The number of nitriles is 1. The molecule has 1 aliphatic heterocycles. The summed E-state index contributed by atoms with van der Waals surface area (Å²) in [5.74, 6) is -0.388. The smallest absolute Gasteiger partial charge is 0.318 e. The van der Waals surface area contributed by atoms with E-state index in [1.54, 1.807) is 4.90 Å². The molecule has 3 amide bonds. The molecule has 1 fully saturated rings. The zero-order valence-corrected chi connectivity index (χ0v) is 18.0. The van der Waals surface area contributed by atoms with Gasteiger partial charge in [0.15, 0.2) is 0 Å². The van der Waals surface area contributed by atoms with E-state index in [9.17, 15) is 14.9 Å². The Morgan fingerprint density at radius 3 is 2.47 bits per heavy atom. The van der Waals surface area contributed by atoms with Gasteiger partial charge in [-0.15, -0.1) is 0 Å². The molecule has 0 spiro atoms. The number of hydrogen-bond donors (Lipinski definition) is 2. The molecule has 1 heterocycles. The molecule has 2 rings (SSSR count). The van der Waals surface area contributed by atoms with Crippen LogP contribution in [0.5, 0.6) is 0 Å². The van der Waals surface area contributed by atoms with Crippen LogP contribution in [0.3, 0.4) is 0 Å². The van der Waals surface area contributed by atoms with Gasteiger partial charge in [0, 0.05) is 13.1 Å². The molecular weight excluding hydrogens is 384 g/mol. The number of carbonyl (C=O) groups excluding carboxylic acids is 2. The summed E-state index contributed by atoms with van der Waals surface area (Å²) in [7, 11) is 0. The van der Waals surface area contributed by atoms with Crippen molar-refractivity contribution in [3.8, 4) is 6.07 Å². The van der Waals surface area contributed by atoms with Gasteiger partial charge in [-0.1, -0.05) is 51.1 Å².